The molecule has 0 aromatic heterocycles. The summed E-state index contributed by atoms with van der Waals surface area (Å²) >= 11 is 2.84. The molecule has 2 aliphatic rings. The van der Waals surface area contributed by atoms with Crippen LogP contribution in [0.1, 0.15) is 0 Å². The summed E-state index contributed by atoms with van der Waals surface area (Å²) in [5.41, 5.74) is 0. The molecule has 2 saturated heterocycles. The number of nitrogens with one attached hydrogen (secondary N) is 1. The predicted molar refractivity (Wildman–Crippen MR) is 82.9 cm³/mol. The normalized spacial score (nSPS) is 21.4. The van der Waals surface area contributed by atoms with Crippen molar-refractivity contribution in [1.29, 1.82) is 0 Å². The Kier molecular flexibility index (Phi) is 6.65. The fraction of sp³-hybridized carbons (Fsp3) is 0.500. The van der Waals surface area contributed by atoms with E-state index < -0.39 is 40.8 Å². The van der Waals surface area contributed by atoms with Crippen LogP contribution in [0, 0.1) is 5.82 Å². The van der Waals surface area contributed by atoms with E-state index in [2.05, 4.69) is 21.2 Å². The van der Waals surface area contributed by atoms with Gasteiger partial charge in [0.1, 0.15) is 5.82 Å². The van der Waals surface area contributed by atoms with Gasteiger partial charge in [0.15, 0.2) is 0 Å². The first-order chi connectivity index (χ1) is 10.4. The Morgan fingerprint density at radius 2 is 1.58 bits per heavy atom. The standard InChI is InChI=1S/C9H7BrF3NO2S.C3H5F2N.ClH/c10-7-3-6(1-2-8(7)11)17(15,16)14-4-9(12,13)5-14;4-3(5)1-6-2-3;/h1-3H,4-5H2;6H,1-2H2;1H. The molecular weight excluding hydrogens is 447 g/mol. The number of rotatable bonds is 2. The summed E-state index contributed by atoms with van der Waals surface area (Å²) in [6.45, 7) is -1.92. The molecule has 0 unspecified atom stereocenters. The summed E-state index contributed by atoms with van der Waals surface area (Å²) in [5, 5.41) is 2.45. The molecule has 0 saturated carbocycles. The number of hydrogen-bond acceptors (Lipinski definition) is 3. The lowest BCUT2D eigenvalue weighted by Crippen LogP contribution is -2.58. The summed E-state index contributed by atoms with van der Waals surface area (Å²) in [6, 6.07) is 3.07. The molecule has 1 aromatic carbocycles. The van der Waals surface area contributed by atoms with E-state index >= 15 is 0 Å². The zero-order valence-electron chi connectivity index (χ0n) is 11.9. The molecule has 3 rings (SSSR count). The van der Waals surface area contributed by atoms with Crippen molar-refractivity contribution >= 4 is 38.4 Å². The minimum atomic E-state index is -3.96. The van der Waals surface area contributed by atoms with Crippen LogP contribution < -0.4 is 5.32 Å². The van der Waals surface area contributed by atoms with Crippen LogP contribution in [0.4, 0.5) is 22.0 Å². The summed E-state index contributed by atoms with van der Waals surface area (Å²) in [5.74, 6) is -5.97. The van der Waals surface area contributed by atoms with Crippen molar-refractivity contribution in [2.24, 2.45) is 0 Å². The maximum atomic E-state index is 12.9. The lowest BCUT2D eigenvalue weighted by atomic mass is 10.2. The lowest BCUT2D eigenvalue weighted by Gasteiger charge is -2.37. The summed E-state index contributed by atoms with van der Waals surface area (Å²) in [7, 11) is -3.96. The van der Waals surface area contributed by atoms with Crippen molar-refractivity contribution in [2.75, 3.05) is 26.2 Å². The van der Waals surface area contributed by atoms with E-state index in [0.717, 1.165) is 18.2 Å². The van der Waals surface area contributed by atoms with Gasteiger partial charge in [0, 0.05) is 0 Å². The average Bonchev–Trinajstić information content (AvgIpc) is 2.38. The van der Waals surface area contributed by atoms with E-state index in [0.29, 0.717) is 4.31 Å². The van der Waals surface area contributed by atoms with Crippen LogP contribution >= 0.6 is 28.3 Å². The van der Waals surface area contributed by atoms with Gasteiger partial charge in [-0.15, -0.1) is 12.4 Å². The van der Waals surface area contributed by atoms with Crippen molar-refractivity contribution in [3.05, 3.63) is 28.5 Å². The number of alkyl halides is 4. The van der Waals surface area contributed by atoms with Crippen molar-refractivity contribution < 1.29 is 30.4 Å². The molecule has 138 valence electrons. The first-order valence-electron chi connectivity index (χ1n) is 6.35. The smallest absolute Gasteiger partial charge is 0.275 e. The molecule has 2 heterocycles. The second kappa shape index (κ2) is 7.40. The van der Waals surface area contributed by atoms with Gasteiger partial charge in [-0.05, 0) is 34.1 Å². The molecule has 12 heteroatoms. The fourth-order valence-electron chi connectivity index (χ4n) is 1.74. The molecule has 1 aromatic rings. The van der Waals surface area contributed by atoms with Crippen LogP contribution in [-0.2, 0) is 10.0 Å². The summed E-state index contributed by atoms with van der Waals surface area (Å²) in [4.78, 5) is -0.207. The Hall–Kier alpha value is -0.490. The Balaban J connectivity index is 0.000000349. The van der Waals surface area contributed by atoms with Gasteiger partial charge in [-0.2, -0.15) is 4.31 Å². The second-order valence-electron chi connectivity index (χ2n) is 5.16. The first kappa shape index (κ1) is 21.6. The van der Waals surface area contributed by atoms with E-state index in [9.17, 15) is 30.4 Å². The Bertz CT molecular complexity index is 691. The minimum Gasteiger partial charge on any atom is -0.305 e. The number of sulfonamides is 1. The number of nitrogens with zero attached hydrogens (tertiary/aromatic N) is 1. The van der Waals surface area contributed by atoms with E-state index in [1.807, 2.05) is 0 Å². The van der Waals surface area contributed by atoms with Crippen LogP contribution in [0.5, 0.6) is 0 Å². The zero-order chi connectivity index (χ0) is 17.5. The molecule has 1 N–H and O–H groups in total. The van der Waals surface area contributed by atoms with Gasteiger partial charge < -0.3 is 5.32 Å². The number of halogens is 7. The Labute approximate surface area is 150 Å². The molecule has 0 spiro atoms. The van der Waals surface area contributed by atoms with Gasteiger partial charge >= 0.3 is 0 Å². The van der Waals surface area contributed by atoms with Crippen LogP contribution in [0.2, 0.25) is 0 Å². The lowest BCUT2D eigenvalue weighted by molar-refractivity contribution is -0.0945. The predicted octanol–water partition coefficient (Wildman–Crippen LogP) is 2.87. The van der Waals surface area contributed by atoms with Gasteiger partial charge in [-0.3, -0.25) is 0 Å². The highest BCUT2D eigenvalue weighted by Crippen LogP contribution is 2.32. The van der Waals surface area contributed by atoms with E-state index in [-0.39, 0.29) is 34.9 Å². The van der Waals surface area contributed by atoms with E-state index in [1.165, 1.54) is 0 Å². The number of benzene rings is 1. The SMILES string of the molecule is Cl.FC1(F)CNC1.O=S(=O)(c1ccc(F)c(Br)c1)N1CC(F)(F)C1. The number of hydrogen-bond donors (Lipinski definition) is 1. The van der Waals surface area contributed by atoms with E-state index in [1.54, 1.807) is 0 Å². The summed E-state index contributed by atoms with van der Waals surface area (Å²) in [6.07, 6.45) is 0. The molecule has 0 amide bonds. The van der Waals surface area contributed by atoms with Crippen LogP contribution in [0.3, 0.4) is 0 Å². The van der Waals surface area contributed by atoms with Gasteiger partial charge in [-0.25, -0.2) is 30.4 Å². The molecule has 4 nitrogen and oxygen atoms in total. The van der Waals surface area contributed by atoms with Crippen molar-refractivity contribution in [3.8, 4) is 0 Å². The monoisotopic (exact) mass is 458 g/mol. The molecule has 2 fully saturated rings. The maximum Gasteiger partial charge on any atom is 0.275 e. The topological polar surface area (TPSA) is 49.4 Å². The Morgan fingerprint density at radius 3 is 1.92 bits per heavy atom. The van der Waals surface area contributed by atoms with Crippen LogP contribution in [0.15, 0.2) is 27.6 Å². The minimum absolute atomic E-state index is 0. The highest BCUT2D eigenvalue weighted by Gasteiger charge is 2.49. The van der Waals surface area contributed by atoms with Gasteiger partial charge in [0.2, 0.25) is 10.0 Å². The van der Waals surface area contributed by atoms with Crippen molar-refractivity contribution in [2.45, 2.75) is 16.7 Å². The molecule has 24 heavy (non-hydrogen) atoms. The third-order valence-corrected chi connectivity index (χ3v) is 5.51. The van der Waals surface area contributed by atoms with Crippen molar-refractivity contribution in [3.63, 3.8) is 0 Å². The summed E-state index contributed by atoms with van der Waals surface area (Å²) < 4.78 is 85.4. The molecule has 0 aliphatic carbocycles. The van der Waals surface area contributed by atoms with Gasteiger partial charge in [0.05, 0.1) is 35.5 Å². The molecule has 2 aliphatic heterocycles. The molecule has 0 radical (unpaired) electrons. The van der Waals surface area contributed by atoms with Crippen molar-refractivity contribution in [1.82, 2.24) is 9.62 Å². The highest BCUT2D eigenvalue weighted by molar-refractivity contribution is 9.10. The Morgan fingerprint density at radius 1 is 1.08 bits per heavy atom. The zero-order valence-corrected chi connectivity index (χ0v) is 15.1. The maximum absolute atomic E-state index is 12.9. The second-order valence-corrected chi connectivity index (χ2v) is 7.96. The third-order valence-electron chi connectivity index (χ3n) is 3.11. The molecular formula is C12H13BrClF5N2O2S. The molecule has 0 bridgehead atoms. The van der Waals surface area contributed by atoms with Gasteiger partial charge in [-0.1, -0.05) is 0 Å². The van der Waals surface area contributed by atoms with Crippen LogP contribution in [-0.4, -0.2) is 50.7 Å². The third kappa shape index (κ3) is 5.01. The largest absolute Gasteiger partial charge is 0.305 e. The van der Waals surface area contributed by atoms with E-state index in [4.69, 9.17) is 0 Å². The fourth-order valence-corrected chi connectivity index (χ4v) is 3.79. The average molecular weight is 460 g/mol. The van der Waals surface area contributed by atoms with Gasteiger partial charge in [0.25, 0.3) is 11.8 Å². The highest BCUT2D eigenvalue weighted by atomic mass is 79.9. The molecule has 0 atom stereocenters. The quantitative estimate of drug-likeness (QED) is 0.692. The van der Waals surface area contributed by atoms with Crippen LogP contribution in [0.25, 0.3) is 0 Å². The first-order valence-corrected chi connectivity index (χ1v) is 8.58.